The van der Waals surface area contributed by atoms with Gasteiger partial charge < -0.3 is 5.73 Å². The molecule has 0 spiro atoms. The van der Waals surface area contributed by atoms with E-state index in [1.165, 1.54) is 0 Å². The van der Waals surface area contributed by atoms with Crippen molar-refractivity contribution in [2.45, 2.75) is 18.7 Å². The number of hydrogen-bond donors (Lipinski definition) is 1. The SMILES string of the molecule is Cc1cc(CBr)c(N)c(C(F)F)n1. The highest BCUT2D eigenvalue weighted by atomic mass is 79.9. The second-order valence-corrected chi connectivity index (χ2v) is 3.22. The van der Waals surface area contributed by atoms with Crippen molar-refractivity contribution in [1.82, 2.24) is 4.98 Å². The highest BCUT2D eigenvalue weighted by molar-refractivity contribution is 9.08. The Hall–Kier alpha value is -0.710. The molecule has 0 aromatic carbocycles. The molecular formula is C8H9BrF2N2. The lowest BCUT2D eigenvalue weighted by Gasteiger charge is -2.08. The number of halogens is 3. The van der Waals surface area contributed by atoms with E-state index in [0.29, 0.717) is 16.6 Å². The summed E-state index contributed by atoms with van der Waals surface area (Å²) in [6, 6.07) is 1.69. The number of aromatic nitrogens is 1. The summed E-state index contributed by atoms with van der Waals surface area (Å²) < 4.78 is 24.7. The first-order chi connectivity index (χ1) is 6.06. The predicted molar refractivity (Wildman–Crippen MR) is 51.0 cm³/mol. The molecule has 0 aliphatic rings. The maximum absolute atomic E-state index is 12.4. The normalized spacial score (nSPS) is 10.8. The molecule has 0 atom stereocenters. The zero-order valence-electron chi connectivity index (χ0n) is 7.02. The van der Waals surface area contributed by atoms with Crippen molar-refractivity contribution in [1.29, 1.82) is 0 Å². The largest absolute Gasteiger partial charge is 0.397 e. The second-order valence-electron chi connectivity index (χ2n) is 2.66. The summed E-state index contributed by atoms with van der Waals surface area (Å²) in [6.07, 6.45) is -2.61. The van der Waals surface area contributed by atoms with Gasteiger partial charge in [-0.1, -0.05) is 15.9 Å². The molecular weight excluding hydrogens is 242 g/mol. The molecule has 13 heavy (non-hydrogen) atoms. The van der Waals surface area contributed by atoms with E-state index in [9.17, 15) is 8.78 Å². The van der Waals surface area contributed by atoms with Gasteiger partial charge in [-0.05, 0) is 18.6 Å². The molecule has 72 valence electrons. The highest BCUT2D eigenvalue weighted by Crippen LogP contribution is 2.27. The van der Waals surface area contributed by atoms with E-state index in [1.54, 1.807) is 13.0 Å². The minimum Gasteiger partial charge on any atom is -0.397 e. The quantitative estimate of drug-likeness (QED) is 0.821. The van der Waals surface area contributed by atoms with Gasteiger partial charge in [0.05, 0.1) is 5.69 Å². The van der Waals surface area contributed by atoms with Crippen molar-refractivity contribution in [3.8, 4) is 0 Å². The summed E-state index contributed by atoms with van der Waals surface area (Å²) in [5, 5.41) is 0.460. The first kappa shape index (κ1) is 10.4. The molecule has 0 bridgehead atoms. The van der Waals surface area contributed by atoms with Gasteiger partial charge in [0, 0.05) is 11.0 Å². The van der Waals surface area contributed by atoms with Gasteiger partial charge >= 0.3 is 0 Å². The summed E-state index contributed by atoms with van der Waals surface area (Å²) in [6.45, 7) is 1.66. The number of rotatable bonds is 2. The number of alkyl halides is 3. The first-order valence-electron chi connectivity index (χ1n) is 3.66. The average molecular weight is 251 g/mol. The lowest BCUT2D eigenvalue weighted by atomic mass is 10.1. The van der Waals surface area contributed by atoms with Crippen molar-refractivity contribution in [3.63, 3.8) is 0 Å². The van der Waals surface area contributed by atoms with Gasteiger partial charge in [-0.2, -0.15) is 0 Å². The molecule has 5 heteroatoms. The Morgan fingerprint density at radius 3 is 2.69 bits per heavy atom. The van der Waals surface area contributed by atoms with E-state index in [-0.39, 0.29) is 11.4 Å². The summed E-state index contributed by atoms with van der Waals surface area (Å²) >= 11 is 3.17. The van der Waals surface area contributed by atoms with Gasteiger partial charge in [0.25, 0.3) is 6.43 Å². The molecule has 0 amide bonds. The Morgan fingerprint density at radius 2 is 2.23 bits per heavy atom. The van der Waals surface area contributed by atoms with Crippen LogP contribution in [0.15, 0.2) is 6.07 Å². The smallest absolute Gasteiger partial charge is 0.282 e. The number of aryl methyl sites for hydroxylation is 1. The average Bonchev–Trinajstić information content (AvgIpc) is 2.08. The molecule has 0 radical (unpaired) electrons. The molecule has 1 rings (SSSR count). The maximum Gasteiger partial charge on any atom is 0.282 e. The topological polar surface area (TPSA) is 38.9 Å². The third kappa shape index (κ3) is 2.15. The van der Waals surface area contributed by atoms with E-state index in [1.807, 2.05) is 0 Å². The minimum absolute atomic E-state index is 0.0810. The Morgan fingerprint density at radius 1 is 1.62 bits per heavy atom. The van der Waals surface area contributed by atoms with Gasteiger partial charge in [-0.15, -0.1) is 0 Å². The van der Waals surface area contributed by atoms with Crippen LogP contribution in [0, 0.1) is 6.92 Å². The van der Waals surface area contributed by atoms with Crippen molar-refractivity contribution >= 4 is 21.6 Å². The number of anilines is 1. The van der Waals surface area contributed by atoms with Gasteiger partial charge in [0.15, 0.2) is 0 Å². The number of pyridine rings is 1. The van der Waals surface area contributed by atoms with Crippen LogP contribution in [0.2, 0.25) is 0 Å². The van der Waals surface area contributed by atoms with E-state index in [0.717, 1.165) is 0 Å². The van der Waals surface area contributed by atoms with E-state index < -0.39 is 6.43 Å². The van der Waals surface area contributed by atoms with Crippen LogP contribution in [0.5, 0.6) is 0 Å². The van der Waals surface area contributed by atoms with Crippen LogP contribution in [0.25, 0.3) is 0 Å². The van der Waals surface area contributed by atoms with Crippen LogP contribution in [-0.2, 0) is 5.33 Å². The van der Waals surface area contributed by atoms with E-state index in [2.05, 4.69) is 20.9 Å². The van der Waals surface area contributed by atoms with Crippen LogP contribution in [0.3, 0.4) is 0 Å². The number of nitrogen functional groups attached to an aromatic ring is 1. The maximum atomic E-state index is 12.4. The third-order valence-electron chi connectivity index (χ3n) is 1.65. The third-order valence-corrected chi connectivity index (χ3v) is 2.26. The number of nitrogens with two attached hydrogens (primary N) is 1. The fourth-order valence-electron chi connectivity index (χ4n) is 1.05. The summed E-state index contributed by atoms with van der Waals surface area (Å²) in [4.78, 5) is 3.68. The van der Waals surface area contributed by atoms with Crippen molar-refractivity contribution in [2.24, 2.45) is 0 Å². The molecule has 0 aliphatic carbocycles. The highest BCUT2D eigenvalue weighted by Gasteiger charge is 2.16. The molecule has 0 saturated carbocycles. The number of hydrogen-bond acceptors (Lipinski definition) is 2. The Kier molecular flexibility index (Phi) is 3.19. The summed E-state index contributed by atoms with van der Waals surface area (Å²) in [7, 11) is 0. The van der Waals surface area contributed by atoms with Gasteiger partial charge in [-0.3, -0.25) is 0 Å². The Balaban J connectivity index is 3.27. The van der Waals surface area contributed by atoms with Crippen molar-refractivity contribution < 1.29 is 8.78 Å². The monoisotopic (exact) mass is 250 g/mol. The molecule has 0 saturated heterocycles. The lowest BCUT2D eigenvalue weighted by molar-refractivity contribution is 0.147. The fourth-order valence-corrected chi connectivity index (χ4v) is 1.52. The molecule has 2 nitrogen and oxygen atoms in total. The summed E-state index contributed by atoms with van der Waals surface area (Å²) in [5.41, 5.74) is 6.46. The molecule has 1 aromatic heterocycles. The molecule has 2 N–H and O–H groups in total. The molecule has 0 aliphatic heterocycles. The van der Waals surface area contributed by atoms with Crippen molar-refractivity contribution in [2.75, 3.05) is 5.73 Å². The van der Waals surface area contributed by atoms with Crippen LogP contribution >= 0.6 is 15.9 Å². The van der Waals surface area contributed by atoms with Gasteiger partial charge in [0.2, 0.25) is 0 Å². The minimum atomic E-state index is -2.61. The molecule has 1 heterocycles. The van der Waals surface area contributed by atoms with Gasteiger partial charge in [-0.25, -0.2) is 13.8 Å². The molecule has 0 fully saturated rings. The van der Waals surface area contributed by atoms with Crippen molar-refractivity contribution in [3.05, 3.63) is 23.0 Å². The van der Waals surface area contributed by atoms with Crippen LogP contribution in [0.1, 0.15) is 23.4 Å². The lowest BCUT2D eigenvalue weighted by Crippen LogP contribution is -2.03. The molecule has 1 aromatic rings. The van der Waals surface area contributed by atoms with Crippen LogP contribution < -0.4 is 5.73 Å². The van der Waals surface area contributed by atoms with Gasteiger partial charge in [0.1, 0.15) is 5.69 Å². The Bertz CT molecular complexity index is 315. The second kappa shape index (κ2) is 4.00. The van der Waals surface area contributed by atoms with E-state index in [4.69, 9.17) is 5.73 Å². The Labute approximate surface area is 83.3 Å². The molecule has 0 unspecified atom stereocenters. The predicted octanol–water partition coefficient (Wildman–Crippen LogP) is 2.80. The first-order valence-corrected chi connectivity index (χ1v) is 4.78. The zero-order valence-corrected chi connectivity index (χ0v) is 8.61. The standard InChI is InChI=1S/C8H9BrF2N2/c1-4-2-5(3-9)6(12)7(13-4)8(10)11/h2,8H,3,12H2,1H3. The van der Waals surface area contributed by atoms with E-state index >= 15 is 0 Å². The summed E-state index contributed by atoms with van der Waals surface area (Å²) in [5.74, 6) is 0. The zero-order chi connectivity index (χ0) is 10.0. The number of nitrogens with zero attached hydrogens (tertiary/aromatic N) is 1. The van der Waals surface area contributed by atoms with Crippen LogP contribution in [-0.4, -0.2) is 4.98 Å². The fraction of sp³-hybridized carbons (Fsp3) is 0.375. The van der Waals surface area contributed by atoms with Crippen LogP contribution in [0.4, 0.5) is 14.5 Å².